The van der Waals surface area contributed by atoms with E-state index in [4.69, 9.17) is 5.11 Å². The van der Waals surface area contributed by atoms with Crippen molar-refractivity contribution in [2.75, 3.05) is 18.9 Å². The van der Waals surface area contributed by atoms with Crippen LogP contribution in [-0.2, 0) is 10.0 Å². The first-order valence-corrected chi connectivity index (χ1v) is 7.20. The zero-order valence-corrected chi connectivity index (χ0v) is 10.8. The molecule has 0 fully saturated rings. The van der Waals surface area contributed by atoms with Crippen molar-refractivity contribution in [3.8, 4) is 0 Å². The Bertz CT molecular complexity index is 251. The molecule has 5 heteroatoms. The van der Waals surface area contributed by atoms with E-state index in [1.54, 1.807) is 0 Å². The van der Waals surface area contributed by atoms with Gasteiger partial charge >= 0.3 is 0 Å². The van der Waals surface area contributed by atoms with Gasteiger partial charge in [0.25, 0.3) is 0 Å². The molecule has 4 nitrogen and oxygen atoms in total. The predicted octanol–water partition coefficient (Wildman–Crippen LogP) is 1.21. The van der Waals surface area contributed by atoms with Crippen molar-refractivity contribution in [1.29, 1.82) is 0 Å². The smallest absolute Gasteiger partial charge is 0.216 e. The van der Waals surface area contributed by atoms with E-state index in [9.17, 15) is 8.42 Å². The highest BCUT2D eigenvalue weighted by Crippen LogP contribution is 2.12. The molecule has 1 atom stereocenters. The zero-order chi connectivity index (χ0) is 11.9. The predicted molar refractivity (Wildman–Crippen MR) is 62.2 cm³/mol. The van der Waals surface area contributed by atoms with E-state index in [1.807, 2.05) is 20.8 Å². The van der Waals surface area contributed by atoms with Gasteiger partial charge in [0.05, 0.1) is 12.4 Å². The van der Waals surface area contributed by atoms with Crippen molar-refractivity contribution in [3.05, 3.63) is 0 Å². The van der Waals surface area contributed by atoms with Crippen LogP contribution in [0.1, 0.15) is 40.0 Å². The quantitative estimate of drug-likeness (QED) is 0.690. The molecule has 0 rings (SSSR count). The summed E-state index contributed by atoms with van der Waals surface area (Å²) < 4.78 is 25.1. The van der Waals surface area contributed by atoms with Crippen LogP contribution in [-0.4, -0.2) is 42.8 Å². The molecule has 0 aromatic rings. The fourth-order valence-electron chi connectivity index (χ4n) is 1.38. The second-order valence-corrected chi connectivity index (χ2v) is 5.80. The highest BCUT2D eigenvalue weighted by atomic mass is 32.2. The third kappa shape index (κ3) is 4.95. The van der Waals surface area contributed by atoms with Crippen LogP contribution in [0.3, 0.4) is 0 Å². The molecule has 0 aliphatic rings. The fraction of sp³-hybridized carbons (Fsp3) is 1.00. The van der Waals surface area contributed by atoms with Gasteiger partial charge in [0.15, 0.2) is 0 Å². The Kier molecular flexibility index (Phi) is 7.13. The number of aliphatic hydroxyl groups excluding tert-OH is 1. The van der Waals surface area contributed by atoms with Crippen LogP contribution in [0.15, 0.2) is 0 Å². The van der Waals surface area contributed by atoms with Gasteiger partial charge in [-0.1, -0.05) is 20.3 Å². The number of unbranched alkanes of at least 4 members (excludes halogenated alkanes) is 1. The van der Waals surface area contributed by atoms with Crippen molar-refractivity contribution >= 4 is 10.0 Å². The molecular formula is C10H23NO3S. The normalized spacial score (nSPS) is 14.5. The van der Waals surface area contributed by atoms with Gasteiger partial charge in [0, 0.05) is 12.6 Å². The number of hydrogen-bond donors (Lipinski definition) is 1. The third-order valence-electron chi connectivity index (χ3n) is 2.52. The average Bonchev–Trinajstić information content (AvgIpc) is 2.17. The van der Waals surface area contributed by atoms with Crippen molar-refractivity contribution in [2.45, 2.75) is 46.1 Å². The Morgan fingerprint density at radius 1 is 1.33 bits per heavy atom. The Hall–Kier alpha value is -0.130. The first kappa shape index (κ1) is 14.9. The van der Waals surface area contributed by atoms with Gasteiger partial charge < -0.3 is 5.11 Å². The molecule has 0 aliphatic carbocycles. The topological polar surface area (TPSA) is 57.6 Å². The molecule has 0 heterocycles. The summed E-state index contributed by atoms with van der Waals surface area (Å²) in [6.07, 6.45) is 2.64. The van der Waals surface area contributed by atoms with E-state index in [2.05, 4.69) is 0 Å². The average molecular weight is 237 g/mol. The molecule has 0 aliphatic heterocycles. The van der Waals surface area contributed by atoms with Gasteiger partial charge in [-0.05, 0) is 19.8 Å². The summed E-state index contributed by atoms with van der Waals surface area (Å²) in [6, 6.07) is 0.0214. The maximum atomic E-state index is 11.8. The van der Waals surface area contributed by atoms with Crippen LogP contribution in [0.5, 0.6) is 0 Å². The lowest BCUT2D eigenvalue weighted by molar-refractivity contribution is 0.299. The van der Waals surface area contributed by atoms with Crippen LogP contribution in [0.25, 0.3) is 0 Å². The van der Waals surface area contributed by atoms with E-state index in [-0.39, 0.29) is 18.4 Å². The van der Waals surface area contributed by atoms with Crippen molar-refractivity contribution in [2.24, 2.45) is 0 Å². The van der Waals surface area contributed by atoms with Crippen LogP contribution < -0.4 is 0 Å². The summed E-state index contributed by atoms with van der Waals surface area (Å²) in [6.45, 7) is 6.17. The minimum atomic E-state index is -3.27. The summed E-state index contributed by atoms with van der Waals surface area (Å²) in [5.41, 5.74) is 0. The van der Waals surface area contributed by atoms with E-state index in [0.717, 1.165) is 19.3 Å². The lowest BCUT2D eigenvalue weighted by Crippen LogP contribution is -2.41. The van der Waals surface area contributed by atoms with E-state index >= 15 is 0 Å². The SMILES string of the molecule is CCCCN(C(C)CC)S(=O)(=O)CCO. The summed E-state index contributed by atoms with van der Waals surface area (Å²) in [4.78, 5) is 0. The summed E-state index contributed by atoms with van der Waals surface area (Å²) >= 11 is 0. The first-order valence-electron chi connectivity index (χ1n) is 5.60. The number of rotatable bonds is 8. The molecule has 1 N–H and O–H groups in total. The molecule has 0 aromatic carbocycles. The molecule has 92 valence electrons. The molecule has 0 amide bonds. The molecule has 15 heavy (non-hydrogen) atoms. The van der Waals surface area contributed by atoms with E-state index < -0.39 is 10.0 Å². The third-order valence-corrected chi connectivity index (χ3v) is 4.48. The van der Waals surface area contributed by atoms with Crippen molar-refractivity contribution in [1.82, 2.24) is 4.31 Å². The second kappa shape index (κ2) is 7.19. The highest BCUT2D eigenvalue weighted by molar-refractivity contribution is 7.89. The summed E-state index contributed by atoms with van der Waals surface area (Å²) in [7, 11) is -3.27. The van der Waals surface area contributed by atoms with Crippen molar-refractivity contribution < 1.29 is 13.5 Å². The molecule has 0 spiro atoms. The number of nitrogens with zero attached hydrogens (tertiary/aromatic N) is 1. The Morgan fingerprint density at radius 3 is 2.33 bits per heavy atom. The summed E-state index contributed by atoms with van der Waals surface area (Å²) in [5, 5.41) is 8.72. The number of aliphatic hydroxyl groups is 1. The zero-order valence-electron chi connectivity index (χ0n) is 9.94. The maximum absolute atomic E-state index is 11.8. The van der Waals surface area contributed by atoms with Crippen LogP contribution >= 0.6 is 0 Å². The highest BCUT2D eigenvalue weighted by Gasteiger charge is 2.24. The monoisotopic (exact) mass is 237 g/mol. The van der Waals surface area contributed by atoms with Gasteiger partial charge in [-0.15, -0.1) is 0 Å². The van der Waals surface area contributed by atoms with Crippen LogP contribution in [0.4, 0.5) is 0 Å². The minimum absolute atomic E-state index is 0.0214. The largest absolute Gasteiger partial charge is 0.395 e. The first-order chi connectivity index (χ1) is 6.99. The molecule has 0 saturated carbocycles. The van der Waals surface area contributed by atoms with Crippen LogP contribution in [0, 0.1) is 0 Å². The Labute approximate surface area is 93.3 Å². The van der Waals surface area contributed by atoms with E-state index in [0.29, 0.717) is 6.54 Å². The second-order valence-electron chi connectivity index (χ2n) is 3.76. The maximum Gasteiger partial charge on any atom is 0.216 e. The van der Waals surface area contributed by atoms with Crippen molar-refractivity contribution in [3.63, 3.8) is 0 Å². The molecule has 1 unspecified atom stereocenters. The molecule has 0 aromatic heterocycles. The Balaban J connectivity index is 4.61. The van der Waals surface area contributed by atoms with Crippen LogP contribution in [0.2, 0.25) is 0 Å². The summed E-state index contributed by atoms with van der Waals surface area (Å²) in [5.74, 6) is -0.166. The van der Waals surface area contributed by atoms with E-state index in [1.165, 1.54) is 4.31 Å². The standard InChI is InChI=1S/C10H23NO3S/c1-4-6-7-11(10(3)5-2)15(13,14)9-8-12/h10,12H,4-9H2,1-3H3. The molecule has 0 radical (unpaired) electrons. The molecule has 0 bridgehead atoms. The van der Waals surface area contributed by atoms with Gasteiger partial charge in [-0.2, -0.15) is 4.31 Å². The van der Waals surface area contributed by atoms with Gasteiger partial charge in [-0.25, -0.2) is 8.42 Å². The molecule has 0 saturated heterocycles. The lowest BCUT2D eigenvalue weighted by atomic mass is 10.2. The molecular weight excluding hydrogens is 214 g/mol. The van der Waals surface area contributed by atoms with Gasteiger partial charge in [0.1, 0.15) is 0 Å². The Morgan fingerprint density at radius 2 is 1.93 bits per heavy atom. The number of sulfonamides is 1. The fourth-order valence-corrected chi connectivity index (χ4v) is 2.95. The number of hydrogen-bond acceptors (Lipinski definition) is 3. The minimum Gasteiger partial charge on any atom is -0.395 e. The van der Waals surface area contributed by atoms with Gasteiger partial charge in [-0.3, -0.25) is 0 Å². The van der Waals surface area contributed by atoms with Gasteiger partial charge in [0.2, 0.25) is 10.0 Å². The lowest BCUT2D eigenvalue weighted by Gasteiger charge is -2.27.